The van der Waals surface area contributed by atoms with Crippen molar-refractivity contribution in [1.29, 1.82) is 0 Å². The van der Waals surface area contributed by atoms with Crippen LogP contribution in [0.25, 0.3) is 0 Å². The number of hydrogen-bond acceptors (Lipinski definition) is 4. The second kappa shape index (κ2) is 5.93. The molecule has 1 amide bonds. The molecular weight excluding hydrogens is 280 g/mol. The summed E-state index contributed by atoms with van der Waals surface area (Å²) >= 11 is 0. The number of carbonyl (C=O) groups excluding carboxylic acids is 1. The lowest BCUT2D eigenvalue weighted by Gasteiger charge is -2.08. The minimum absolute atomic E-state index is 0.238. The summed E-state index contributed by atoms with van der Waals surface area (Å²) in [6, 6.07) is 1.44. The third-order valence-electron chi connectivity index (χ3n) is 2.28. The molecule has 0 saturated carbocycles. The maximum absolute atomic E-state index is 13.5. The summed E-state index contributed by atoms with van der Waals surface area (Å²) in [5, 5.41) is 2.16. The molecule has 19 heavy (non-hydrogen) atoms. The summed E-state index contributed by atoms with van der Waals surface area (Å²) in [4.78, 5) is 11.6. The Morgan fingerprint density at radius 1 is 1.37 bits per heavy atom. The fourth-order valence-electron chi connectivity index (χ4n) is 1.27. The lowest BCUT2D eigenvalue weighted by atomic mass is 10.1. The number of anilines is 1. The lowest BCUT2D eigenvalue weighted by molar-refractivity contribution is 0.0951. The molecule has 106 valence electrons. The summed E-state index contributed by atoms with van der Waals surface area (Å²) in [6.07, 6.45) is 0. The van der Waals surface area contributed by atoms with Crippen LogP contribution < -0.4 is 15.8 Å². The van der Waals surface area contributed by atoms with E-state index < -0.39 is 38.8 Å². The first-order valence-corrected chi connectivity index (χ1v) is 6.86. The van der Waals surface area contributed by atoms with Gasteiger partial charge in [-0.15, -0.1) is 0 Å². The minimum atomic E-state index is -3.48. The molecule has 0 saturated heterocycles. The molecule has 0 aliphatic heterocycles. The van der Waals surface area contributed by atoms with E-state index in [9.17, 15) is 22.0 Å². The van der Waals surface area contributed by atoms with Gasteiger partial charge in [-0.3, -0.25) is 4.79 Å². The number of nitrogens with one attached hydrogen (secondary N) is 2. The average molecular weight is 293 g/mol. The van der Waals surface area contributed by atoms with Crippen LogP contribution in [0.2, 0.25) is 0 Å². The van der Waals surface area contributed by atoms with Crippen LogP contribution in [0.15, 0.2) is 12.1 Å². The third-order valence-corrected chi connectivity index (χ3v) is 3.64. The van der Waals surface area contributed by atoms with E-state index >= 15 is 0 Å². The van der Waals surface area contributed by atoms with Crippen molar-refractivity contribution in [2.75, 3.05) is 25.1 Å². The fraction of sp³-hybridized carbons (Fsp3) is 0.300. The van der Waals surface area contributed by atoms with E-state index in [0.29, 0.717) is 6.07 Å². The van der Waals surface area contributed by atoms with E-state index in [4.69, 9.17) is 5.73 Å². The lowest BCUT2D eigenvalue weighted by Crippen LogP contribution is -2.33. The minimum Gasteiger partial charge on any atom is -0.396 e. The molecule has 1 aromatic rings. The molecule has 4 N–H and O–H groups in total. The Kier molecular flexibility index (Phi) is 4.78. The summed E-state index contributed by atoms with van der Waals surface area (Å²) in [6.45, 7) is -0.238. The predicted octanol–water partition coefficient (Wildman–Crippen LogP) is -0.174. The van der Waals surface area contributed by atoms with Crippen LogP contribution in [0.4, 0.5) is 14.5 Å². The van der Waals surface area contributed by atoms with Gasteiger partial charge in [0.15, 0.2) is 5.82 Å². The number of nitrogens with two attached hydrogens (primary N) is 1. The van der Waals surface area contributed by atoms with Gasteiger partial charge in [-0.25, -0.2) is 21.9 Å². The predicted molar refractivity (Wildman–Crippen MR) is 66.0 cm³/mol. The molecule has 0 spiro atoms. The van der Waals surface area contributed by atoms with E-state index in [1.54, 1.807) is 0 Å². The quantitative estimate of drug-likeness (QED) is 0.656. The molecule has 0 radical (unpaired) electrons. The van der Waals surface area contributed by atoms with Gasteiger partial charge in [0, 0.05) is 6.54 Å². The van der Waals surface area contributed by atoms with Gasteiger partial charge in [0.05, 0.1) is 17.0 Å². The Bertz CT molecular complexity index is 590. The normalized spacial score (nSPS) is 11.3. The molecule has 0 heterocycles. The first-order chi connectivity index (χ1) is 8.76. The summed E-state index contributed by atoms with van der Waals surface area (Å²) < 4.78 is 50.7. The summed E-state index contributed by atoms with van der Waals surface area (Å²) in [5.41, 5.74) is 4.12. The number of sulfonamides is 1. The van der Waals surface area contributed by atoms with E-state index in [2.05, 4.69) is 10.0 Å². The van der Waals surface area contributed by atoms with Gasteiger partial charge in [-0.2, -0.15) is 0 Å². The van der Waals surface area contributed by atoms with Gasteiger partial charge in [-0.05, 0) is 19.2 Å². The number of halogens is 2. The van der Waals surface area contributed by atoms with Gasteiger partial charge < -0.3 is 11.1 Å². The van der Waals surface area contributed by atoms with Crippen molar-refractivity contribution in [1.82, 2.24) is 10.0 Å². The highest BCUT2D eigenvalue weighted by Crippen LogP contribution is 2.17. The fourth-order valence-corrected chi connectivity index (χ4v) is 1.85. The Morgan fingerprint density at radius 3 is 2.58 bits per heavy atom. The molecule has 0 aliphatic carbocycles. The number of benzene rings is 1. The van der Waals surface area contributed by atoms with Gasteiger partial charge in [0.2, 0.25) is 10.0 Å². The third kappa shape index (κ3) is 4.14. The molecule has 0 fully saturated rings. The van der Waals surface area contributed by atoms with Crippen LogP contribution in [0, 0.1) is 11.6 Å². The maximum atomic E-state index is 13.5. The largest absolute Gasteiger partial charge is 0.396 e. The highest BCUT2D eigenvalue weighted by atomic mass is 32.2. The molecular formula is C10H13F2N3O3S. The van der Waals surface area contributed by atoms with Crippen molar-refractivity contribution in [3.05, 3.63) is 29.3 Å². The van der Waals surface area contributed by atoms with Crippen molar-refractivity contribution in [2.45, 2.75) is 0 Å². The SMILES string of the molecule is CNS(=O)(=O)CCNC(=O)c1cc(F)cc(N)c1F. The van der Waals surface area contributed by atoms with Crippen LogP contribution >= 0.6 is 0 Å². The molecule has 0 unspecified atom stereocenters. The molecule has 1 rings (SSSR count). The van der Waals surface area contributed by atoms with Crippen LogP contribution in [0.1, 0.15) is 10.4 Å². The molecule has 0 atom stereocenters. The average Bonchev–Trinajstić information content (AvgIpc) is 2.33. The van der Waals surface area contributed by atoms with E-state index in [0.717, 1.165) is 6.07 Å². The monoisotopic (exact) mass is 293 g/mol. The van der Waals surface area contributed by atoms with Crippen molar-refractivity contribution >= 4 is 21.6 Å². The molecule has 9 heteroatoms. The van der Waals surface area contributed by atoms with Crippen LogP contribution in [0.5, 0.6) is 0 Å². The second-order valence-corrected chi connectivity index (χ2v) is 5.68. The van der Waals surface area contributed by atoms with Crippen molar-refractivity contribution in [2.24, 2.45) is 0 Å². The van der Waals surface area contributed by atoms with Crippen LogP contribution in [-0.4, -0.2) is 33.7 Å². The van der Waals surface area contributed by atoms with E-state index in [1.165, 1.54) is 7.05 Å². The van der Waals surface area contributed by atoms with Gasteiger partial charge in [0.25, 0.3) is 5.91 Å². The number of carbonyl (C=O) groups is 1. The molecule has 0 bridgehead atoms. The first-order valence-electron chi connectivity index (χ1n) is 5.21. The Hall–Kier alpha value is -1.74. The summed E-state index contributed by atoms with van der Waals surface area (Å²) in [5.74, 6) is -3.21. The Balaban J connectivity index is 2.75. The highest BCUT2D eigenvalue weighted by molar-refractivity contribution is 7.89. The smallest absolute Gasteiger partial charge is 0.254 e. The Morgan fingerprint density at radius 2 is 2.00 bits per heavy atom. The van der Waals surface area contributed by atoms with E-state index in [1.807, 2.05) is 0 Å². The summed E-state index contributed by atoms with van der Waals surface area (Å²) in [7, 11) is -2.25. The zero-order valence-corrected chi connectivity index (χ0v) is 10.9. The maximum Gasteiger partial charge on any atom is 0.254 e. The standard InChI is InChI=1S/C10H13F2N3O3S/c1-14-19(17,18)3-2-15-10(16)7-4-6(11)5-8(13)9(7)12/h4-5,14H,2-3,13H2,1H3,(H,15,16). The topological polar surface area (TPSA) is 101 Å². The van der Waals surface area contributed by atoms with E-state index in [-0.39, 0.29) is 12.3 Å². The number of amides is 1. The molecule has 6 nitrogen and oxygen atoms in total. The Labute approximate surface area is 109 Å². The molecule has 0 aliphatic rings. The number of rotatable bonds is 5. The van der Waals surface area contributed by atoms with Gasteiger partial charge >= 0.3 is 0 Å². The molecule has 1 aromatic carbocycles. The van der Waals surface area contributed by atoms with Crippen molar-refractivity contribution in [3.8, 4) is 0 Å². The van der Waals surface area contributed by atoms with Crippen LogP contribution in [0.3, 0.4) is 0 Å². The number of hydrogen-bond donors (Lipinski definition) is 3. The van der Waals surface area contributed by atoms with Crippen molar-refractivity contribution < 1.29 is 22.0 Å². The first kappa shape index (κ1) is 15.3. The van der Waals surface area contributed by atoms with Gasteiger partial charge in [0.1, 0.15) is 5.82 Å². The highest BCUT2D eigenvalue weighted by Gasteiger charge is 2.16. The van der Waals surface area contributed by atoms with Crippen LogP contribution in [-0.2, 0) is 10.0 Å². The zero-order chi connectivity index (χ0) is 14.6. The number of nitrogen functional groups attached to an aromatic ring is 1. The van der Waals surface area contributed by atoms with Gasteiger partial charge in [-0.1, -0.05) is 0 Å². The second-order valence-electron chi connectivity index (χ2n) is 3.64. The van der Waals surface area contributed by atoms with Crippen molar-refractivity contribution in [3.63, 3.8) is 0 Å². The zero-order valence-electron chi connectivity index (χ0n) is 10.0. The molecule has 0 aromatic heterocycles.